The summed E-state index contributed by atoms with van der Waals surface area (Å²) >= 11 is 0.877. The third kappa shape index (κ3) is 4.18. The molecule has 0 bridgehead atoms. The van der Waals surface area contributed by atoms with Crippen molar-refractivity contribution in [2.75, 3.05) is 13.1 Å². The second kappa shape index (κ2) is 8.04. The van der Waals surface area contributed by atoms with E-state index in [-0.39, 0.29) is 11.1 Å². The third-order valence-corrected chi connectivity index (χ3v) is 5.42. The number of fused-ring (bicyclic) bond motifs is 1. The van der Waals surface area contributed by atoms with Gasteiger partial charge in [-0.1, -0.05) is 12.5 Å². The predicted molar refractivity (Wildman–Crippen MR) is 108 cm³/mol. The Morgan fingerprint density at radius 2 is 2.04 bits per heavy atom. The van der Waals surface area contributed by atoms with Crippen molar-refractivity contribution in [3.8, 4) is 0 Å². The van der Waals surface area contributed by atoms with Gasteiger partial charge in [0.1, 0.15) is 5.58 Å². The van der Waals surface area contributed by atoms with Crippen LogP contribution < -0.4 is 10.7 Å². The van der Waals surface area contributed by atoms with Crippen LogP contribution in [0.25, 0.3) is 23.1 Å². The number of carbonyl (C=O) groups excluding carboxylic acids is 3. The van der Waals surface area contributed by atoms with Crippen molar-refractivity contribution < 1.29 is 18.8 Å². The lowest BCUT2D eigenvalue weighted by molar-refractivity contribution is -0.121. The molecule has 7 nitrogen and oxygen atoms in total. The Hall–Kier alpha value is -2.84. The van der Waals surface area contributed by atoms with Gasteiger partial charge in [0.25, 0.3) is 17.1 Å². The lowest BCUT2D eigenvalue weighted by Crippen LogP contribution is -2.44. The van der Waals surface area contributed by atoms with E-state index in [9.17, 15) is 14.4 Å². The van der Waals surface area contributed by atoms with Gasteiger partial charge in [-0.25, -0.2) is 5.01 Å². The Labute approximate surface area is 165 Å². The summed E-state index contributed by atoms with van der Waals surface area (Å²) in [5.74, 6) is -0.566. The molecule has 8 heteroatoms. The van der Waals surface area contributed by atoms with E-state index in [4.69, 9.17) is 4.42 Å². The molecule has 0 saturated carbocycles. The number of rotatable bonds is 4. The first kappa shape index (κ1) is 18.5. The fourth-order valence-electron chi connectivity index (χ4n) is 3.22. The quantitative estimate of drug-likeness (QED) is 0.770. The second-order valence-corrected chi connectivity index (χ2v) is 7.67. The van der Waals surface area contributed by atoms with E-state index >= 15 is 0 Å². The molecule has 0 unspecified atom stereocenters. The zero-order valence-electron chi connectivity index (χ0n) is 15.1. The molecule has 144 valence electrons. The van der Waals surface area contributed by atoms with Crippen molar-refractivity contribution in [1.29, 1.82) is 0 Å². The van der Waals surface area contributed by atoms with Crippen molar-refractivity contribution >= 4 is 51.9 Å². The molecule has 2 N–H and O–H groups in total. The van der Waals surface area contributed by atoms with Crippen molar-refractivity contribution in [1.82, 2.24) is 15.8 Å². The van der Waals surface area contributed by atoms with Crippen LogP contribution in [-0.4, -0.2) is 35.2 Å². The summed E-state index contributed by atoms with van der Waals surface area (Å²) in [6.45, 7) is 1.75. The van der Waals surface area contributed by atoms with Crippen LogP contribution in [0.5, 0.6) is 0 Å². The molecule has 2 aromatic rings. The standard InChI is InChI=1S/C20H19N3O4S/c24-18(22-23-8-2-1-3-9-23)7-5-14-12-27-16-6-4-13(10-15(14)16)11-17-19(25)21-20(26)28-17/h4-7,10-12H,1-3,8-9H2,(H,22,24)(H,21,25,26)/b7-5+,17-11-. The zero-order chi connectivity index (χ0) is 19.5. The van der Waals surface area contributed by atoms with Gasteiger partial charge < -0.3 is 4.42 Å². The van der Waals surface area contributed by atoms with Crippen LogP contribution in [0.15, 0.2) is 39.9 Å². The molecule has 0 atom stereocenters. The van der Waals surface area contributed by atoms with Gasteiger partial charge in [-0.3, -0.25) is 25.1 Å². The molecule has 0 spiro atoms. The molecule has 28 heavy (non-hydrogen) atoms. The number of thioether (sulfide) groups is 1. The Morgan fingerprint density at radius 3 is 2.79 bits per heavy atom. The molecule has 3 heterocycles. The van der Waals surface area contributed by atoms with Crippen LogP contribution in [-0.2, 0) is 9.59 Å². The van der Waals surface area contributed by atoms with Crippen molar-refractivity contribution in [3.05, 3.63) is 46.6 Å². The second-order valence-electron chi connectivity index (χ2n) is 6.66. The van der Waals surface area contributed by atoms with Gasteiger partial charge in [0, 0.05) is 30.1 Å². The number of nitrogens with one attached hydrogen (secondary N) is 2. The maximum Gasteiger partial charge on any atom is 0.290 e. The third-order valence-electron chi connectivity index (χ3n) is 4.61. The molecule has 1 aromatic carbocycles. The first-order valence-corrected chi connectivity index (χ1v) is 9.90. The number of hydrogen-bond donors (Lipinski definition) is 2. The normalized spacial score (nSPS) is 19.6. The number of nitrogens with zero attached hydrogens (tertiary/aromatic N) is 1. The van der Waals surface area contributed by atoms with E-state index in [1.54, 1.807) is 24.5 Å². The maximum atomic E-state index is 12.1. The van der Waals surface area contributed by atoms with Gasteiger partial charge in [0.2, 0.25) is 0 Å². The number of amides is 3. The average molecular weight is 397 g/mol. The highest BCUT2D eigenvalue weighted by atomic mass is 32.2. The Morgan fingerprint density at radius 1 is 1.21 bits per heavy atom. The molecule has 3 amide bonds. The fourth-order valence-corrected chi connectivity index (χ4v) is 3.90. The van der Waals surface area contributed by atoms with Gasteiger partial charge >= 0.3 is 0 Å². The summed E-state index contributed by atoms with van der Waals surface area (Å²) in [7, 11) is 0. The largest absolute Gasteiger partial charge is 0.464 e. The summed E-state index contributed by atoms with van der Waals surface area (Å²) < 4.78 is 5.54. The van der Waals surface area contributed by atoms with Crippen LogP contribution in [0.2, 0.25) is 0 Å². The molecular formula is C20H19N3O4S. The van der Waals surface area contributed by atoms with Crippen molar-refractivity contribution in [2.45, 2.75) is 19.3 Å². The molecular weight excluding hydrogens is 378 g/mol. The molecule has 4 rings (SSSR count). The average Bonchev–Trinajstić information content (AvgIpc) is 3.23. The number of hydrazine groups is 1. The van der Waals surface area contributed by atoms with Gasteiger partial charge in [-0.2, -0.15) is 0 Å². The predicted octanol–water partition coefficient (Wildman–Crippen LogP) is 3.29. The van der Waals surface area contributed by atoms with Crippen LogP contribution in [0.1, 0.15) is 30.4 Å². The highest BCUT2D eigenvalue weighted by Gasteiger charge is 2.25. The lowest BCUT2D eigenvalue weighted by atomic mass is 10.1. The van der Waals surface area contributed by atoms with Crippen LogP contribution >= 0.6 is 11.8 Å². The number of furan rings is 1. The zero-order valence-corrected chi connectivity index (χ0v) is 15.9. The van der Waals surface area contributed by atoms with E-state index in [1.165, 1.54) is 12.5 Å². The SMILES string of the molecule is O=C(/C=C/c1coc2ccc(/C=C3\SC(=O)NC3=O)cc12)NN1CCCCC1. The van der Waals surface area contributed by atoms with Crippen LogP contribution in [0.3, 0.4) is 0 Å². The Balaban J connectivity index is 1.51. The van der Waals surface area contributed by atoms with E-state index in [1.807, 2.05) is 17.1 Å². The smallest absolute Gasteiger partial charge is 0.290 e. The van der Waals surface area contributed by atoms with E-state index in [2.05, 4.69) is 10.7 Å². The molecule has 0 radical (unpaired) electrons. The highest BCUT2D eigenvalue weighted by molar-refractivity contribution is 8.18. The van der Waals surface area contributed by atoms with E-state index in [0.29, 0.717) is 10.5 Å². The molecule has 2 aliphatic heterocycles. The topological polar surface area (TPSA) is 91.6 Å². The first-order chi connectivity index (χ1) is 13.6. The number of imide groups is 1. The number of piperidine rings is 1. The molecule has 1 aromatic heterocycles. The number of carbonyl (C=O) groups is 3. The summed E-state index contributed by atoms with van der Waals surface area (Å²) in [5.41, 5.74) is 5.10. The minimum absolute atomic E-state index is 0.174. The first-order valence-electron chi connectivity index (χ1n) is 9.08. The van der Waals surface area contributed by atoms with Gasteiger partial charge in [0.05, 0.1) is 11.2 Å². The minimum Gasteiger partial charge on any atom is -0.464 e. The number of hydrogen-bond acceptors (Lipinski definition) is 6. The molecule has 2 aliphatic rings. The van der Waals surface area contributed by atoms with Gasteiger partial charge in [-0.15, -0.1) is 0 Å². The highest BCUT2D eigenvalue weighted by Crippen LogP contribution is 2.28. The molecule has 0 aliphatic carbocycles. The summed E-state index contributed by atoms with van der Waals surface area (Å²) in [6.07, 6.45) is 9.84. The van der Waals surface area contributed by atoms with E-state index in [0.717, 1.165) is 54.2 Å². The Kier molecular flexibility index (Phi) is 5.31. The van der Waals surface area contributed by atoms with Crippen molar-refractivity contribution in [3.63, 3.8) is 0 Å². The van der Waals surface area contributed by atoms with Gasteiger partial charge in [-0.05, 0) is 54.5 Å². The summed E-state index contributed by atoms with van der Waals surface area (Å²) in [4.78, 5) is 35.5. The van der Waals surface area contributed by atoms with Gasteiger partial charge in [0.15, 0.2) is 0 Å². The summed E-state index contributed by atoms with van der Waals surface area (Å²) in [6, 6.07) is 5.48. The van der Waals surface area contributed by atoms with E-state index < -0.39 is 5.91 Å². The maximum absolute atomic E-state index is 12.1. The van der Waals surface area contributed by atoms with Crippen molar-refractivity contribution in [2.24, 2.45) is 0 Å². The molecule has 2 saturated heterocycles. The Bertz CT molecular complexity index is 1000. The molecule has 2 fully saturated rings. The number of benzene rings is 1. The minimum atomic E-state index is -0.392. The fraction of sp³-hybridized carbons (Fsp3) is 0.250. The van der Waals surface area contributed by atoms with Crippen LogP contribution in [0, 0.1) is 0 Å². The lowest BCUT2D eigenvalue weighted by Gasteiger charge is -2.26. The van der Waals surface area contributed by atoms with Crippen LogP contribution in [0.4, 0.5) is 4.79 Å². The monoisotopic (exact) mass is 397 g/mol. The summed E-state index contributed by atoms with van der Waals surface area (Å²) in [5, 5.41) is 4.63.